The van der Waals surface area contributed by atoms with Gasteiger partial charge in [-0.15, -0.1) is 0 Å². The van der Waals surface area contributed by atoms with Crippen molar-refractivity contribution in [2.45, 2.75) is 23.1 Å². The Labute approximate surface area is 243 Å². The second kappa shape index (κ2) is 12.9. The average Bonchev–Trinajstić information content (AvgIpc) is 3.24. The number of anilines is 1. The summed E-state index contributed by atoms with van der Waals surface area (Å²) in [5.74, 6) is 0.199. The standard InChI is InChI=1S/C27H29ClN2O7S3/c1-19(27-30(14-6-16-40(34,35)36)24-18-22(28)10-12-26(24)38-27)37-25-11-9-21(20-7-3-2-4-8-20)17-23(25)29-13-5-15-39(31,32)33/h2-4,7-12,17-18,27,29H,1,5-6,13-16H2,(H,31,32,33)(H,34,35,36)/p+1. The molecule has 0 saturated carbocycles. The molecule has 1 aliphatic rings. The van der Waals surface area contributed by atoms with Crippen LogP contribution in [0.2, 0.25) is 5.02 Å². The number of quaternary nitrogens is 1. The molecule has 0 radical (unpaired) electrons. The molecular formula is C27H30ClN2O7S3+. The van der Waals surface area contributed by atoms with Crippen molar-refractivity contribution in [3.05, 3.63) is 84.1 Å². The van der Waals surface area contributed by atoms with E-state index < -0.39 is 25.6 Å². The summed E-state index contributed by atoms with van der Waals surface area (Å²) in [4.78, 5) is 2.88. The topological polar surface area (TPSA) is 138 Å². The molecule has 1 heterocycles. The molecule has 3 aromatic carbocycles. The number of thioether (sulfide) groups is 1. The number of hydrogen-bond acceptors (Lipinski definition) is 7. The van der Waals surface area contributed by atoms with Crippen LogP contribution in [0, 0.1) is 0 Å². The lowest BCUT2D eigenvalue weighted by Gasteiger charge is -2.28. The Morgan fingerprint density at radius 2 is 1.65 bits per heavy atom. The predicted octanol–water partition coefficient (Wildman–Crippen LogP) is 4.59. The lowest BCUT2D eigenvalue weighted by Crippen LogP contribution is -2.78. The van der Waals surface area contributed by atoms with Gasteiger partial charge in [-0.3, -0.25) is 9.11 Å². The second-order valence-corrected chi connectivity index (χ2v) is 13.9. The smallest absolute Gasteiger partial charge is 0.265 e. The van der Waals surface area contributed by atoms with Crippen LogP contribution < -0.4 is 15.0 Å². The van der Waals surface area contributed by atoms with Gasteiger partial charge in [0.05, 0.1) is 23.7 Å². The largest absolute Gasteiger partial charge is 0.453 e. The summed E-state index contributed by atoms with van der Waals surface area (Å²) in [5, 5.41) is 2.00. The highest BCUT2D eigenvalue weighted by Crippen LogP contribution is 2.47. The quantitative estimate of drug-likeness (QED) is 0.108. The van der Waals surface area contributed by atoms with Gasteiger partial charge in [0.2, 0.25) is 0 Å². The van der Waals surface area contributed by atoms with E-state index in [9.17, 15) is 21.4 Å². The SMILES string of the molecule is C=C(Oc1ccc(-c2ccccc2)cc1[NH2+]CCCS(=O)(=O)O)C1Sc2ccc(Cl)cc2N1CCCS(=O)(=O)O. The molecule has 9 nitrogen and oxygen atoms in total. The van der Waals surface area contributed by atoms with Gasteiger partial charge in [-0.1, -0.05) is 66.3 Å². The Balaban J connectivity index is 1.57. The third-order valence-corrected chi connectivity index (χ3v) is 9.34. The van der Waals surface area contributed by atoms with Crippen LogP contribution in [0.5, 0.6) is 5.75 Å². The molecule has 1 atom stereocenters. The van der Waals surface area contributed by atoms with E-state index in [1.54, 1.807) is 12.1 Å². The van der Waals surface area contributed by atoms with Crippen molar-refractivity contribution < 1.29 is 36.0 Å². The summed E-state index contributed by atoms with van der Waals surface area (Å²) in [5.41, 5.74) is 3.51. The Morgan fingerprint density at radius 1 is 0.950 bits per heavy atom. The van der Waals surface area contributed by atoms with E-state index in [-0.39, 0.29) is 24.3 Å². The van der Waals surface area contributed by atoms with Crippen molar-refractivity contribution in [3.8, 4) is 16.9 Å². The summed E-state index contributed by atoms with van der Waals surface area (Å²) in [6.45, 7) is 4.89. The molecule has 0 saturated heterocycles. The van der Waals surface area contributed by atoms with Gasteiger partial charge in [-0.05, 0) is 41.8 Å². The molecule has 214 valence electrons. The molecular weight excluding hydrogens is 596 g/mol. The van der Waals surface area contributed by atoms with Gasteiger partial charge in [0.15, 0.2) is 11.4 Å². The maximum atomic E-state index is 11.3. The van der Waals surface area contributed by atoms with Crippen LogP contribution in [0.15, 0.2) is 84.0 Å². The molecule has 0 spiro atoms. The third kappa shape index (κ3) is 8.46. The lowest BCUT2D eigenvalue weighted by molar-refractivity contribution is -0.571. The zero-order chi connectivity index (χ0) is 28.9. The molecule has 3 aromatic rings. The number of fused-ring (bicyclic) bond motifs is 1. The van der Waals surface area contributed by atoms with Crippen LogP contribution in [-0.2, 0) is 20.2 Å². The van der Waals surface area contributed by atoms with Crippen molar-refractivity contribution >= 4 is 55.0 Å². The van der Waals surface area contributed by atoms with Gasteiger partial charge < -0.3 is 15.0 Å². The number of nitrogens with two attached hydrogens (primary N) is 1. The summed E-state index contributed by atoms with van der Waals surface area (Å²) >= 11 is 7.74. The van der Waals surface area contributed by atoms with Crippen LogP contribution in [0.4, 0.5) is 11.4 Å². The molecule has 4 N–H and O–H groups in total. The minimum Gasteiger partial charge on any atom is -0.453 e. The van der Waals surface area contributed by atoms with E-state index in [1.165, 1.54) is 11.8 Å². The molecule has 1 aliphatic heterocycles. The van der Waals surface area contributed by atoms with Gasteiger partial charge in [0.1, 0.15) is 11.1 Å². The maximum Gasteiger partial charge on any atom is 0.265 e. The van der Waals surface area contributed by atoms with Gasteiger partial charge in [-0.2, -0.15) is 16.8 Å². The highest BCUT2D eigenvalue weighted by Gasteiger charge is 2.34. The molecule has 13 heteroatoms. The van der Waals surface area contributed by atoms with Crippen molar-refractivity contribution in [1.29, 1.82) is 0 Å². The van der Waals surface area contributed by atoms with Crippen molar-refractivity contribution in [1.82, 2.24) is 0 Å². The second-order valence-electron chi connectivity index (χ2n) is 9.23. The van der Waals surface area contributed by atoms with Gasteiger partial charge in [-0.25, -0.2) is 0 Å². The fourth-order valence-electron chi connectivity index (χ4n) is 4.35. The minimum atomic E-state index is -4.11. The maximum absolute atomic E-state index is 11.3. The monoisotopic (exact) mass is 625 g/mol. The molecule has 40 heavy (non-hydrogen) atoms. The highest BCUT2D eigenvalue weighted by molar-refractivity contribution is 8.00. The Hall–Kier alpha value is -2.58. The zero-order valence-electron chi connectivity index (χ0n) is 21.4. The van der Waals surface area contributed by atoms with E-state index in [1.807, 2.05) is 64.8 Å². The highest BCUT2D eigenvalue weighted by atomic mass is 35.5. The van der Waals surface area contributed by atoms with Crippen LogP contribution in [0.25, 0.3) is 11.1 Å². The molecule has 0 fully saturated rings. The first-order valence-electron chi connectivity index (χ1n) is 12.4. The normalized spacial score (nSPS) is 15.2. The van der Waals surface area contributed by atoms with Crippen LogP contribution >= 0.6 is 23.4 Å². The van der Waals surface area contributed by atoms with E-state index in [0.29, 0.717) is 29.6 Å². The van der Waals surface area contributed by atoms with E-state index in [0.717, 1.165) is 27.4 Å². The number of nitrogens with zero attached hydrogens (tertiary/aromatic N) is 1. The van der Waals surface area contributed by atoms with Gasteiger partial charge in [0.25, 0.3) is 20.2 Å². The number of rotatable bonds is 13. The fraction of sp³-hybridized carbons (Fsp3) is 0.259. The molecule has 4 rings (SSSR count). The van der Waals surface area contributed by atoms with Crippen LogP contribution in [0.1, 0.15) is 12.8 Å². The summed E-state index contributed by atoms with van der Waals surface area (Å²) in [7, 11) is -8.17. The molecule has 0 amide bonds. The summed E-state index contributed by atoms with van der Waals surface area (Å²) in [6, 6.07) is 20.9. The zero-order valence-corrected chi connectivity index (χ0v) is 24.6. The van der Waals surface area contributed by atoms with E-state index >= 15 is 0 Å². The number of halogens is 1. The predicted molar refractivity (Wildman–Crippen MR) is 159 cm³/mol. The molecule has 0 bridgehead atoms. The molecule has 0 aromatic heterocycles. The fourth-order valence-corrected chi connectivity index (χ4v) is 6.75. The van der Waals surface area contributed by atoms with Gasteiger partial charge in [0, 0.05) is 29.0 Å². The minimum absolute atomic E-state index is 0.188. The van der Waals surface area contributed by atoms with Crippen molar-refractivity contribution in [3.63, 3.8) is 0 Å². The van der Waals surface area contributed by atoms with Crippen molar-refractivity contribution in [2.24, 2.45) is 0 Å². The Kier molecular flexibility index (Phi) is 9.83. The Morgan fingerprint density at radius 3 is 2.35 bits per heavy atom. The van der Waals surface area contributed by atoms with E-state index in [4.69, 9.17) is 20.9 Å². The first-order valence-corrected chi connectivity index (χ1v) is 16.9. The molecule has 0 aliphatic carbocycles. The van der Waals surface area contributed by atoms with Crippen LogP contribution in [-0.4, -0.2) is 55.9 Å². The summed E-state index contributed by atoms with van der Waals surface area (Å²) < 4.78 is 69.5. The lowest BCUT2D eigenvalue weighted by atomic mass is 10.0. The Bertz CT molecular complexity index is 1580. The first kappa shape index (κ1) is 30.4. The number of benzene rings is 3. The first-order chi connectivity index (χ1) is 18.9. The average molecular weight is 626 g/mol. The number of hydrogen-bond donors (Lipinski definition) is 3. The third-order valence-electron chi connectivity index (χ3n) is 6.16. The van der Waals surface area contributed by atoms with Crippen molar-refractivity contribution in [2.75, 3.05) is 29.5 Å². The van der Waals surface area contributed by atoms with E-state index in [2.05, 4.69) is 6.58 Å². The van der Waals surface area contributed by atoms with Crippen LogP contribution in [0.3, 0.4) is 0 Å². The van der Waals surface area contributed by atoms with Gasteiger partial charge >= 0.3 is 0 Å². The summed E-state index contributed by atoms with van der Waals surface area (Å²) in [6.07, 6.45) is 0.429. The molecule has 1 unspecified atom stereocenters. The number of ether oxygens (including phenoxy) is 1.